The maximum Gasteiger partial charge on any atom is 0.139 e. The minimum absolute atomic E-state index is 0.253. The highest BCUT2D eigenvalue weighted by molar-refractivity contribution is 6.06. The molecule has 0 amide bonds. The van der Waals surface area contributed by atoms with Crippen LogP contribution in [-0.2, 0) is 0 Å². The molecule has 32 heavy (non-hydrogen) atoms. The van der Waals surface area contributed by atoms with E-state index in [1.807, 2.05) is 24.3 Å². The van der Waals surface area contributed by atoms with Crippen LogP contribution in [0.5, 0.6) is 0 Å². The fourth-order valence-corrected chi connectivity index (χ4v) is 5.01. The molecule has 0 saturated carbocycles. The molecule has 1 unspecified atom stereocenters. The molecule has 1 atom stereocenters. The molecule has 0 N–H and O–H groups in total. The largest absolute Gasteiger partial charge is 0.456 e. The van der Waals surface area contributed by atoms with E-state index in [2.05, 4.69) is 84.5 Å². The minimum Gasteiger partial charge on any atom is -0.456 e. The monoisotopic (exact) mass is 413 g/mol. The van der Waals surface area contributed by atoms with Gasteiger partial charge in [-0.15, -0.1) is 0 Å². The summed E-state index contributed by atoms with van der Waals surface area (Å²) >= 11 is 0. The Morgan fingerprint density at radius 1 is 0.938 bits per heavy atom. The summed E-state index contributed by atoms with van der Waals surface area (Å²) in [6.07, 6.45) is 11.4. The van der Waals surface area contributed by atoms with Crippen molar-refractivity contribution in [1.29, 1.82) is 0 Å². The molecular weight excluding hydrogens is 390 g/mol. The van der Waals surface area contributed by atoms with Gasteiger partial charge >= 0.3 is 0 Å². The van der Waals surface area contributed by atoms with Crippen molar-refractivity contribution in [2.24, 2.45) is 0 Å². The summed E-state index contributed by atoms with van der Waals surface area (Å²) in [7, 11) is 0. The number of hydrogen-bond acceptors (Lipinski definition) is 1. The fourth-order valence-electron chi connectivity index (χ4n) is 5.01. The van der Waals surface area contributed by atoms with Crippen LogP contribution in [0.3, 0.4) is 0 Å². The number of para-hydroxylation sites is 3. The minimum atomic E-state index is 0.253. The molecule has 0 aliphatic heterocycles. The van der Waals surface area contributed by atoms with Crippen LogP contribution in [0, 0.1) is 0 Å². The van der Waals surface area contributed by atoms with E-state index in [4.69, 9.17) is 4.42 Å². The molecule has 2 heteroatoms. The standard InChI is InChI=1S/C30H23NO/c1-3-4-10-20(2)31-27-15-7-5-11-23(27)26-19-21(17-18-28(26)31)22-13-9-14-25-24-12-6-8-16-29(24)32-30(22)25/h3-16,18-19,21H,1-2,17H2/b10-4-. The lowest BCUT2D eigenvalue weighted by Crippen LogP contribution is -2.31. The Balaban J connectivity index is 1.59. The summed E-state index contributed by atoms with van der Waals surface area (Å²) in [6, 6.07) is 23.3. The van der Waals surface area contributed by atoms with Gasteiger partial charge in [-0.05, 0) is 24.6 Å². The van der Waals surface area contributed by atoms with Gasteiger partial charge in [0.25, 0.3) is 0 Å². The molecule has 2 heterocycles. The van der Waals surface area contributed by atoms with Crippen molar-refractivity contribution in [2.75, 3.05) is 0 Å². The van der Waals surface area contributed by atoms with Gasteiger partial charge in [0.2, 0.25) is 0 Å². The molecule has 5 aromatic rings. The first-order valence-electron chi connectivity index (χ1n) is 11.0. The Morgan fingerprint density at radius 2 is 1.72 bits per heavy atom. The first-order chi connectivity index (χ1) is 15.8. The number of nitrogens with zero attached hydrogens (tertiary/aromatic N) is 1. The predicted octanol–water partition coefficient (Wildman–Crippen LogP) is 6.50. The SMILES string of the molecule is C=C/C=C\C(=C)n1c2c(c3ccccc31)=CC(c1cccc3c1oc1ccccc13)CC=2. The van der Waals surface area contributed by atoms with E-state index < -0.39 is 0 Å². The van der Waals surface area contributed by atoms with E-state index in [1.54, 1.807) is 6.08 Å². The lowest BCUT2D eigenvalue weighted by molar-refractivity contribution is 0.660. The zero-order chi connectivity index (χ0) is 21.7. The number of rotatable bonds is 4. The Morgan fingerprint density at radius 3 is 2.59 bits per heavy atom. The van der Waals surface area contributed by atoms with Gasteiger partial charge in [-0.25, -0.2) is 0 Å². The lowest BCUT2D eigenvalue weighted by Gasteiger charge is -2.15. The quantitative estimate of drug-likeness (QED) is 0.308. The normalized spacial score (nSPS) is 15.7. The van der Waals surface area contributed by atoms with E-state index in [-0.39, 0.29) is 5.92 Å². The first kappa shape index (κ1) is 18.7. The van der Waals surface area contributed by atoms with Gasteiger partial charge in [-0.3, -0.25) is 0 Å². The van der Waals surface area contributed by atoms with Crippen molar-refractivity contribution in [3.05, 3.63) is 114 Å². The molecule has 1 aliphatic carbocycles. The van der Waals surface area contributed by atoms with Crippen LogP contribution in [0.4, 0.5) is 0 Å². The highest BCUT2D eigenvalue weighted by Gasteiger charge is 2.20. The van der Waals surface area contributed by atoms with E-state index >= 15 is 0 Å². The second-order valence-electron chi connectivity index (χ2n) is 8.27. The van der Waals surface area contributed by atoms with E-state index in [0.717, 1.165) is 23.3 Å². The van der Waals surface area contributed by atoms with E-state index in [9.17, 15) is 0 Å². The molecule has 6 rings (SSSR count). The summed E-state index contributed by atoms with van der Waals surface area (Å²) in [6.45, 7) is 8.10. The van der Waals surface area contributed by atoms with Crippen molar-refractivity contribution in [1.82, 2.24) is 4.57 Å². The summed E-state index contributed by atoms with van der Waals surface area (Å²) < 4.78 is 8.58. The van der Waals surface area contributed by atoms with Crippen molar-refractivity contribution in [2.45, 2.75) is 12.3 Å². The predicted molar refractivity (Wildman–Crippen MR) is 136 cm³/mol. The highest BCUT2D eigenvalue weighted by atomic mass is 16.3. The van der Waals surface area contributed by atoms with Gasteiger partial charge in [0.1, 0.15) is 11.2 Å². The number of benzene rings is 3. The zero-order valence-electron chi connectivity index (χ0n) is 17.8. The molecule has 0 bridgehead atoms. The molecule has 0 radical (unpaired) electrons. The lowest BCUT2D eigenvalue weighted by atomic mass is 9.90. The molecule has 0 spiro atoms. The molecule has 2 nitrogen and oxygen atoms in total. The summed E-state index contributed by atoms with van der Waals surface area (Å²) in [5.74, 6) is 0.253. The van der Waals surface area contributed by atoms with Crippen molar-refractivity contribution in [3.8, 4) is 0 Å². The van der Waals surface area contributed by atoms with Gasteiger partial charge in [0, 0.05) is 43.9 Å². The first-order valence-corrected chi connectivity index (χ1v) is 11.0. The third-order valence-corrected chi connectivity index (χ3v) is 6.43. The number of furan rings is 1. The van der Waals surface area contributed by atoms with E-state index in [0.29, 0.717) is 0 Å². The van der Waals surface area contributed by atoms with Crippen LogP contribution in [-0.4, -0.2) is 4.57 Å². The summed E-state index contributed by atoms with van der Waals surface area (Å²) in [5, 5.41) is 6.07. The Bertz CT molecular complexity index is 1690. The second-order valence-corrected chi connectivity index (χ2v) is 8.27. The van der Waals surface area contributed by atoms with Crippen LogP contribution in [0.15, 0.2) is 103 Å². The number of aromatic nitrogens is 1. The smallest absolute Gasteiger partial charge is 0.139 e. The third kappa shape index (κ3) is 2.73. The van der Waals surface area contributed by atoms with Crippen molar-refractivity contribution in [3.63, 3.8) is 0 Å². The van der Waals surface area contributed by atoms with Crippen LogP contribution in [0.25, 0.3) is 50.7 Å². The summed E-state index contributed by atoms with van der Waals surface area (Å²) in [4.78, 5) is 0. The Labute approximate surface area is 186 Å². The van der Waals surface area contributed by atoms with Gasteiger partial charge < -0.3 is 8.98 Å². The van der Waals surface area contributed by atoms with E-state index in [1.165, 1.54) is 37.8 Å². The third-order valence-electron chi connectivity index (χ3n) is 6.43. The average Bonchev–Trinajstić information content (AvgIpc) is 3.38. The Kier molecular flexibility index (Phi) is 4.26. The van der Waals surface area contributed by atoms with Crippen LogP contribution >= 0.6 is 0 Å². The molecule has 154 valence electrons. The average molecular weight is 414 g/mol. The molecular formula is C30H23NO. The van der Waals surface area contributed by atoms with Crippen LogP contribution in [0.1, 0.15) is 17.9 Å². The number of fused-ring (bicyclic) bond motifs is 6. The fraction of sp³-hybridized carbons (Fsp3) is 0.0667. The van der Waals surface area contributed by atoms with Gasteiger partial charge in [-0.2, -0.15) is 0 Å². The highest BCUT2D eigenvalue weighted by Crippen LogP contribution is 2.36. The molecule has 0 saturated heterocycles. The van der Waals surface area contributed by atoms with Gasteiger partial charge in [0.05, 0.1) is 5.52 Å². The maximum atomic E-state index is 6.33. The Hall–Kier alpha value is -4.04. The van der Waals surface area contributed by atoms with Gasteiger partial charge in [-0.1, -0.05) is 92.1 Å². The maximum absolute atomic E-state index is 6.33. The topological polar surface area (TPSA) is 18.1 Å². The molecule has 0 fully saturated rings. The molecule has 1 aliphatic rings. The van der Waals surface area contributed by atoms with Crippen LogP contribution < -0.4 is 10.6 Å². The number of hydrogen-bond donors (Lipinski definition) is 0. The molecule has 2 aromatic heterocycles. The molecule has 3 aromatic carbocycles. The van der Waals surface area contributed by atoms with Crippen molar-refractivity contribution < 1.29 is 4.42 Å². The van der Waals surface area contributed by atoms with Gasteiger partial charge in [0.15, 0.2) is 0 Å². The second kappa shape index (κ2) is 7.28. The summed E-state index contributed by atoms with van der Waals surface area (Å²) in [5.41, 5.74) is 5.28. The zero-order valence-corrected chi connectivity index (χ0v) is 17.8. The van der Waals surface area contributed by atoms with Crippen LogP contribution in [0.2, 0.25) is 0 Å². The van der Waals surface area contributed by atoms with Crippen molar-refractivity contribution >= 4 is 50.7 Å². The number of allylic oxidation sites excluding steroid dienone is 4.